The summed E-state index contributed by atoms with van der Waals surface area (Å²) >= 11 is 1.37. The van der Waals surface area contributed by atoms with E-state index in [1.807, 2.05) is 31.2 Å². The Labute approximate surface area is 161 Å². The summed E-state index contributed by atoms with van der Waals surface area (Å²) < 4.78 is 15.3. The van der Waals surface area contributed by atoms with Crippen molar-refractivity contribution >= 4 is 34.4 Å². The number of halogens is 1. The molecule has 5 nitrogen and oxygen atoms in total. The lowest BCUT2D eigenvalue weighted by atomic mass is 10.2. The summed E-state index contributed by atoms with van der Waals surface area (Å²) in [6.45, 7) is 3.07. The first kappa shape index (κ1) is 18.9. The van der Waals surface area contributed by atoms with Gasteiger partial charge in [0.1, 0.15) is 5.82 Å². The lowest BCUT2D eigenvalue weighted by Gasteiger charge is -2.21. The highest BCUT2D eigenvalue weighted by molar-refractivity contribution is 7.99. The maximum atomic E-state index is 13.2. The monoisotopic (exact) mass is 382 g/mol. The Morgan fingerprint density at radius 1 is 1.26 bits per heavy atom. The summed E-state index contributed by atoms with van der Waals surface area (Å²) in [5.41, 5.74) is 2.52. The number of aryl methyl sites for hydroxylation is 1. The average Bonchev–Trinajstić information content (AvgIpc) is 3.05. The zero-order valence-electron chi connectivity index (χ0n) is 14.9. The van der Waals surface area contributed by atoms with Gasteiger partial charge in [0.2, 0.25) is 5.91 Å². The minimum atomic E-state index is -0.363. The number of rotatable bonds is 7. The van der Waals surface area contributed by atoms with Crippen molar-refractivity contribution in [3.63, 3.8) is 0 Å². The van der Waals surface area contributed by atoms with Crippen LogP contribution in [-0.4, -0.2) is 27.8 Å². The van der Waals surface area contributed by atoms with Gasteiger partial charge in [0, 0.05) is 18.8 Å². The maximum absolute atomic E-state index is 13.2. The molecule has 0 saturated heterocycles. The molecule has 0 atom stereocenters. The van der Waals surface area contributed by atoms with Crippen molar-refractivity contribution in [2.24, 2.45) is 0 Å². The van der Waals surface area contributed by atoms with Gasteiger partial charge in [-0.15, -0.1) is 0 Å². The number of para-hydroxylation sites is 2. The van der Waals surface area contributed by atoms with Gasteiger partial charge in [-0.2, -0.15) is 5.26 Å². The van der Waals surface area contributed by atoms with Crippen molar-refractivity contribution in [3.8, 4) is 6.07 Å². The predicted molar refractivity (Wildman–Crippen MR) is 105 cm³/mol. The molecular weight excluding hydrogens is 363 g/mol. The number of amides is 1. The van der Waals surface area contributed by atoms with E-state index in [9.17, 15) is 9.18 Å². The molecule has 0 aliphatic heterocycles. The van der Waals surface area contributed by atoms with E-state index in [2.05, 4.69) is 15.6 Å². The summed E-state index contributed by atoms with van der Waals surface area (Å²) in [6.07, 6.45) is 0.210. The van der Waals surface area contributed by atoms with Crippen LogP contribution in [0.1, 0.15) is 13.3 Å². The molecule has 138 valence electrons. The number of aromatic nitrogens is 2. The quantitative estimate of drug-likeness (QED) is 0.574. The molecule has 1 aromatic heterocycles. The lowest BCUT2D eigenvalue weighted by Crippen LogP contribution is -2.33. The van der Waals surface area contributed by atoms with E-state index in [0.717, 1.165) is 22.7 Å². The number of hydrogen-bond donors (Lipinski definition) is 0. The van der Waals surface area contributed by atoms with Crippen molar-refractivity contribution in [2.75, 3.05) is 17.2 Å². The highest BCUT2D eigenvalue weighted by atomic mass is 32.2. The molecule has 2 aromatic carbocycles. The molecule has 1 heterocycles. The summed E-state index contributed by atoms with van der Waals surface area (Å²) in [5, 5.41) is 9.66. The molecule has 27 heavy (non-hydrogen) atoms. The molecule has 0 saturated carbocycles. The van der Waals surface area contributed by atoms with Crippen LogP contribution in [0.3, 0.4) is 0 Å². The molecule has 0 unspecified atom stereocenters. The van der Waals surface area contributed by atoms with Gasteiger partial charge in [0.25, 0.3) is 0 Å². The molecule has 0 spiro atoms. The Morgan fingerprint density at radius 3 is 2.70 bits per heavy atom. The molecular formula is C20H19FN4OS. The molecule has 0 aliphatic rings. The predicted octanol–water partition coefficient (Wildman–Crippen LogP) is 4.23. The van der Waals surface area contributed by atoms with Gasteiger partial charge >= 0.3 is 0 Å². The van der Waals surface area contributed by atoms with Crippen LogP contribution in [-0.2, 0) is 11.3 Å². The fourth-order valence-electron chi connectivity index (χ4n) is 2.85. The second-order valence-corrected chi connectivity index (χ2v) is 6.79. The number of carbonyl (C=O) groups is 1. The molecule has 0 bridgehead atoms. The normalized spacial score (nSPS) is 10.7. The van der Waals surface area contributed by atoms with Crippen LogP contribution in [0.15, 0.2) is 53.7 Å². The van der Waals surface area contributed by atoms with E-state index in [4.69, 9.17) is 5.26 Å². The number of benzene rings is 2. The van der Waals surface area contributed by atoms with Crippen LogP contribution in [0.25, 0.3) is 11.0 Å². The van der Waals surface area contributed by atoms with E-state index in [1.165, 1.54) is 28.8 Å². The Hall–Kier alpha value is -2.85. The number of nitriles is 1. The van der Waals surface area contributed by atoms with Gasteiger partial charge < -0.3 is 9.47 Å². The van der Waals surface area contributed by atoms with Crippen LogP contribution in [0.2, 0.25) is 0 Å². The van der Waals surface area contributed by atoms with Crippen molar-refractivity contribution < 1.29 is 9.18 Å². The number of imidazole rings is 1. The van der Waals surface area contributed by atoms with Crippen molar-refractivity contribution in [2.45, 2.75) is 25.0 Å². The third-order valence-electron chi connectivity index (χ3n) is 4.15. The van der Waals surface area contributed by atoms with E-state index in [0.29, 0.717) is 5.69 Å². The summed E-state index contributed by atoms with van der Waals surface area (Å²) in [5.74, 6) is -0.319. The first-order valence-electron chi connectivity index (χ1n) is 8.65. The minimum Gasteiger partial charge on any atom is -0.319 e. The molecule has 3 rings (SSSR count). The molecule has 3 aromatic rings. The van der Waals surface area contributed by atoms with Gasteiger partial charge in [-0.25, -0.2) is 9.37 Å². The van der Waals surface area contributed by atoms with Gasteiger partial charge in [0.15, 0.2) is 5.16 Å². The van der Waals surface area contributed by atoms with Crippen LogP contribution in [0.5, 0.6) is 0 Å². The second kappa shape index (κ2) is 8.69. The largest absolute Gasteiger partial charge is 0.319 e. The van der Waals surface area contributed by atoms with Gasteiger partial charge in [-0.05, 0) is 43.3 Å². The second-order valence-electron chi connectivity index (χ2n) is 5.85. The smallest absolute Gasteiger partial charge is 0.237 e. The number of nitrogens with zero attached hydrogens (tertiary/aromatic N) is 4. The highest BCUT2D eigenvalue weighted by Gasteiger charge is 2.18. The van der Waals surface area contributed by atoms with E-state index in [1.54, 1.807) is 12.1 Å². The third kappa shape index (κ3) is 4.29. The van der Waals surface area contributed by atoms with E-state index < -0.39 is 0 Å². The Kier molecular flexibility index (Phi) is 6.09. The zero-order valence-corrected chi connectivity index (χ0v) is 15.7. The number of carbonyl (C=O) groups excluding carboxylic acids is 1. The standard InChI is InChI=1S/C20H19FN4OS/c1-2-24-18-7-4-3-6-17(18)23-20(24)27-14-19(26)25(13-5-12-22)16-10-8-15(21)9-11-16/h3-4,6-11H,2,5,13-14H2,1H3. The van der Waals surface area contributed by atoms with Crippen LogP contribution >= 0.6 is 11.8 Å². The fraction of sp³-hybridized carbons (Fsp3) is 0.250. The molecule has 7 heteroatoms. The van der Waals surface area contributed by atoms with Crippen LogP contribution in [0.4, 0.5) is 10.1 Å². The summed E-state index contributed by atoms with van der Waals surface area (Å²) in [6, 6.07) is 15.6. The molecule has 0 N–H and O–H groups in total. The Bertz CT molecular complexity index is 978. The van der Waals surface area contributed by atoms with Gasteiger partial charge in [0.05, 0.1) is 29.3 Å². The highest BCUT2D eigenvalue weighted by Crippen LogP contribution is 2.25. The number of hydrogen-bond acceptors (Lipinski definition) is 4. The van der Waals surface area contributed by atoms with Crippen LogP contribution < -0.4 is 4.90 Å². The lowest BCUT2D eigenvalue weighted by molar-refractivity contribution is -0.116. The first-order valence-corrected chi connectivity index (χ1v) is 9.63. The van der Waals surface area contributed by atoms with Crippen molar-refractivity contribution in [1.29, 1.82) is 5.26 Å². The molecule has 0 fully saturated rings. The van der Waals surface area contributed by atoms with Crippen LogP contribution in [0, 0.1) is 17.1 Å². The Morgan fingerprint density at radius 2 is 2.00 bits per heavy atom. The zero-order chi connectivity index (χ0) is 19.2. The van der Waals surface area contributed by atoms with Gasteiger partial charge in [-0.1, -0.05) is 23.9 Å². The third-order valence-corrected chi connectivity index (χ3v) is 5.11. The molecule has 0 aliphatic carbocycles. The number of anilines is 1. The van der Waals surface area contributed by atoms with Crippen molar-refractivity contribution in [1.82, 2.24) is 9.55 Å². The Balaban J connectivity index is 1.78. The average molecular weight is 382 g/mol. The number of fused-ring (bicyclic) bond motifs is 1. The summed E-state index contributed by atoms with van der Waals surface area (Å²) in [7, 11) is 0. The topological polar surface area (TPSA) is 61.9 Å². The molecule has 1 amide bonds. The first-order chi connectivity index (χ1) is 13.1. The van der Waals surface area contributed by atoms with Gasteiger partial charge in [-0.3, -0.25) is 4.79 Å². The maximum Gasteiger partial charge on any atom is 0.237 e. The SMILES string of the molecule is CCn1c(SCC(=O)N(CCC#N)c2ccc(F)cc2)nc2ccccc21. The fourth-order valence-corrected chi connectivity index (χ4v) is 3.81. The van der Waals surface area contributed by atoms with Crippen molar-refractivity contribution in [3.05, 3.63) is 54.3 Å². The van der Waals surface area contributed by atoms with E-state index in [-0.39, 0.29) is 30.4 Å². The molecule has 0 radical (unpaired) electrons. The van der Waals surface area contributed by atoms with E-state index >= 15 is 0 Å². The minimum absolute atomic E-state index is 0.142. The number of thioether (sulfide) groups is 1. The summed E-state index contributed by atoms with van der Waals surface area (Å²) in [4.78, 5) is 18.9.